The third kappa shape index (κ3) is 5.42. The standard InChI is InChI=1S/C30H22N2O8S4/c1-4-38-28(37)22(15(3)33)30-42-24-18(35)11-13-20(26(24)44-30)40-39-19-12-10-17(34)23-25(19)43-29(41-23)21-14(2)31-32(27(21)36)16-8-6-5-7-9-16/h5-13,34-35H,4H2,1-3H3/b29-21+,30-22+. The van der Waals surface area contributed by atoms with Gasteiger partial charge >= 0.3 is 5.97 Å². The number of carbonyl (C=O) groups excluding carboxylic acids is 3. The molecule has 3 aliphatic rings. The number of phenols is 2. The number of nitrogens with zero attached hydrogens (tertiary/aromatic N) is 2. The number of thioether (sulfide) groups is 4. The summed E-state index contributed by atoms with van der Waals surface area (Å²) in [4.78, 5) is 51.6. The van der Waals surface area contributed by atoms with Crippen molar-refractivity contribution < 1.29 is 39.1 Å². The van der Waals surface area contributed by atoms with Crippen molar-refractivity contribution in [2.24, 2.45) is 5.10 Å². The molecule has 0 radical (unpaired) electrons. The Hall–Kier alpha value is -3.98. The van der Waals surface area contributed by atoms with Gasteiger partial charge in [-0.1, -0.05) is 65.2 Å². The molecule has 0 saturated carbocycles. The van der Waals surface area contributed by atoms with Gasteiger partial charge in [0.25, 0.3) is 5.91 Å². The molecule has 6 rings (SSSR count). The van der Waals surface area contributed by atoms with E-state index in [0.29, 0.717) is 45.0 Å². The van der Waals surface area contributed by atoms with E-state index >= 15 is 0 Å². The molecule has 1 amide bonds. The zero-order valence-corrected chi connectivity index (χ0v) is 26.5. The minimum absolute atomic E-state index is 0.0170. The molecule has 10 nitrogen and oxygen atoms in total. The summed E-state index contributed by atoms with van der Waals surface area (Å²) in [6.07, 6.45) is 0. The van der Waals surface area contributed by atoms with Gasteiger partial charge in [-0.2, -0.15) is 10.1 Å². The van der Waals surface area contributed by atoms with Gasteiger partial charge in [0.2, 0.25) is 0 Å². The maximum Gasteiger partial charge on any atom is 0.343 e. The maximum absolute atomic E-state index is 13.4. The Morgan fingerprint density at radius 1 is 0.841 bits per heavy atom. The number of carbonyl (C=O) groups is 3. The predicted octanol–water partition coefficient (Wildman–Crippen LogP) is 6.86. The number of ketones is 1. The molecule has 0 unspecified atom stereocenters. The monoisotopic (exact) mass is 666 g/mol. The van der Waals surface area contributed by atoms with E-state index < -0.39 is 11.8 Å². The molecule has 2 N–H and O–H groups in total. The van der Waals surface area contributed by atoms with E-state index in [-0.39, 0.29) is 41.1 Å². The number of anilines is 1. The van der Waals surface area contributed by atoms with Gasteiger partial charge in [0.1, 0.15) is 17.1 Å². The first-order valence-electron chi connectivity index (χ1n) is 13.1. The highest BCUT2D eigenvalue weighted by Crippen LogP contribution is 2.61. The van der Waals surface area contributed by atoms with Crippen molar-refractivity contribution in [3.05, 3.63) is 74.2 Å². The Morgan fingerprint density at radius 3 is 2.02 bits per heavy atom. The number of hydrazone groups is 1. The van der Waals surface area contributed by atoms with Crippen LogP contribution in [0.1, 0.15) is 20.8 Å². The first kappa shape index (κ1) is 30.1. The molecular weight excluding hydrogens is 645 g/mol. The molecule has 44 heavy (non-hydrogen) atoms. The lowest BCUT2D eigenvalue weighted by Gasteiger charge is -2.12. The number of hydrogen-bond acceptors (Lipinski definition) is 13. The van der Waals surface area contributed by atoms with Crippen LogP contribution in [0.2, 0.25) is 0 Å². The highest BCUT2D eigenvalue weighted by atomic mass is 32.2. The number of ether oxygens (including phenoxy) is 1. The quantitative estimate of drug-likeness (QED) is 0.0681. The van der Waals surface area contributed by atoms with Gasteiger partial charge in [-0.3, -0.25) is 19.4 Å². The molecule has 0 saturated heterocycles. The van der Waals surface area contributed by atoms with Crippen LogP contribution in [0.3, 0.4) is 0 Å². The third-order valence-electron chi connectivity index (χ3n) is 6.37. The van der Waals surface area contributed by atoms with E-state index in [1.165, 1.54) is 53.7 Å². The molecule has 0 aromatic heterocycles. The average molecular weight is 667 g/mol. The Kier molecular flexibility index (Phi) is 8.33. The van der Waals surface area contributed by atoms with Crippen LogP contribution < -0.4 is 14.8 Å². The van der Waals surface area contributed by atoms with Crippen molar-refractivity contribution in [1.82, 2.24) is 0 Å². The molecule has 0 fully saturated rings. The van der Waals surface area contributed by atoms with Gasteiger partial charge in [-0.25, -0.2) is 4.79 Å². The maximum atomic E-state index is 13.4. The summed E-state index contributed by atoms with van der Waals surface area (Å²) in [5, 5.41) is 27.0. The largest absolute Gasteiger partial charge is 0.507 e. The summed E-state index contributed by atoms with van der Waals surface area (Å²) >= 11 is 4.66. The van der Waals surface area contributed by atoms with Crippen LogP contribution in [0.5, 0.6) is 23.0 Å². The minimum Gasteiger partial charge on any atom is -0.507 e. The van der Waals surface area contributed by atoms with Crippen molar-refractivity contribution in [3.8, 4) is 23.0 Å². The van der Waals surface area contributed by atoms with E-state index in [9.17, 15) is 24.6 Å². The number of phenolic OH excluding ortho intramolecular Hbond substituents is 2. The number of aromatic hydroxyl groups is 2. The zero-order valence-electron chi connectivity index (χ0n) is 23.3. The van der Waals surface area contributed by atoms with Gasteiger partial charge in [0.15, 0.2) is 17.3 Å². The second-order valence-electron chi connectivity index (χ2n) is 9.30. The first-order chi connectivity index (χ1) is 21.2. The molecule has 0 aliphatic carbocycles. The van der Waals surface area contributed by atoms with Crippen molar-refractivity contribution >= 4 is 76.1 Å². The van der Waals surface area contributed by atoms with E-state index in [0.717, 1.165) is 23.5 Å². The molecule has 14 heteroatoms. The smallest absolute Gasteiger partial charge is 0.343 e. The van der Waals surface area contributed by atoms with Crippen LogP contribution in [0, 0.1) is 0 Å². The fourth-order valence-electron chi connectivity index (χ4n) is 4.36. The van der Waals surface area contributed by atoms with E-state index in [4.69, 9.17) is 14.5 Å². The SMILES string of the molecule is CCOC(=O)/C(C(C)=O)=C1\Sc2c(O)ccc(OOc3ccc(O)c4c3S/C(=C3/C(=O)N(c5ccccc5)N=C3C)S4)c2S1. The molecule has 0 spiro atoms. The highest BCUT2D eigenvalue weighted by Gasteiger charge is 2.37. The molecular formula is C30H22N2O8S4. The van der Waals surface area contributed by atoms with Gasteiger partial charge in [-0.15, -0.1) is 0 Å². The molecule has 0 bridgehead atoms. The molecule has 3 aliphatic heterocycles. The van der Waals surface area contributed by atoms with Crippen molar-refractivity contribution in [2.75, 3.05) is 11.6 Å². The Balaban J connectivity index is 1.27. The summed E-state index contributed by atoms with van der Waals surface area (Å²) in [6.45, 7) is 4.79. The summed E-state index contributed by atoms with van der Waals surface area (Å²) in [5.41, 5.74) is 1.51. The fourth-order valence-corrected chi connectivity index (χ4v) is 9.79. The Bertz CT molecular complexity index is 1840. The van der Waals surface area contributed by atoms with Crippen LogP contribution in [0.25, 0.3) is 0 Å². The van der Waals surface area contributed by atoms with Gasteiger partial charge in [0.05, 0.1) is 51.6 Å². The topological polar surface area (TPSA) is 135 Å². The number of Topliss-reactive ketones (excluding diaryl/α,β-unsaturated/α-hetero) is 1. The third-order valence-corrected chi connectivity index (χ3v) is 11.6. The minimum atomic E-state index is -0.743. The number of benzene rings is 3. The lowest BCUT2D eigenvalue weighted by atomic mass is 10.2. The number of esters is 1. The van der Waals surface area contributed by atoms with Crippen LogP contribution >= 0.6 is 47.0 Å². The van der Waals surface area contributed by atoms with E-state index in [1.807, 2.05) is 18.2 Å². The molecule has 0 atom stereocenters. The van der Waals surface area contributed by atoms with Gasteiger partial charge < -0.3 is 14.9 Å². The van der Waals surface area contributed by atoms with Crippen LogP contribution in [-0.4, -0.2) is 40.2 Å². The zero-order chi connectivity index (χ0) is 31.1. The van der Waals surface area contributed by atoms with E-state index in [2.05, 4.69) is 5.10 Å². The predicted molar refractivity (Wildman–Crippen MR) is 169 cm³/mol. The molecule has 3 aromatic carbocycles. The number of para-hydroxylation sites is 1. The van der Waals surface area contributed by atoms with E-state index in [1.54, 1.807) is 32.0 Å². The van der Waals surface area contributed by atoms with Gasteiger partial charge in [0, 0.05) is 0 Å². The fraction of sp³-hybridized carbons (Fsp3) is 0.133. The van der Waals surface area contributed by atoms with Crippen molar-refractivity contribution in [2.45, 2.75) is 40.4 Å². The Morgan fingerprint density at radius 2 is 1.41 bits per heavy atom. The second-order valence-corrected chi connectivity index (χ2v) is 13.9. The number of hydrogen-bond donors (Lipinski definition) is 2. The molecule has 3 heterocycles. The number of amides is 1. The first-order valence-corrected chi connectivity index (χ1v) is 16.3. The molecule has 3 aromatic rings. The second kappa shape index (κ2) is 12.2. The lowest BCUT2D eigenvalue weighted by molar-refractivity contribution is -0.139. The van der Waals surface area contributed by atoms with Gasteiger partial charge in [-0.05, 0) is 57.2 Å². The summed E-state index contributed by atoms with van der Waals surface area (Å²) in [5.74, 6) is -0.993. The number of rotatable bonds is 7. The average Bonchev–Trinajstić information content (AvgIpc) is 3.70. The highest BCUT2D eigenvalue weighted by molar-refractivity contribution is 8.25. The normalized spacial score (nSPS) is 18.1. The number of fused-ring (bicyclic) bond motifs is 2. The van der Waals surface area contributed by atoms with Crippen molar-refractivity contribution in [3.63, 3.8) is 0 Å². The summed E-state index contributed by atoms with van der Waals surface area (Å²) in [7, 11) is 0. The Labute approximate surface area is 268 Å². The van der Waals surface area contributed by atoms with Crippen LogP contribution in [-0.2, 0) is 19.1 Å². The summed E-state index contributed by atoms with van der Waals surface area (Å²) in [6, 6.07) is 15.1. The molecule has 224 valence electrons. The summed E-state index contributed by atoms with van der Waals surface area (Å²) < 4.78 is 6.05. The van der Waals surface area contributed by atoms with Crippen LogP contribution in [0.4, 0.5) is 5.69 Å². The van der Waals surface area contributed by atoms with Crippen LogP contribution in [0.15, 0.2) is 98.9 Å². The lowest BCUT2D eigenvalue weighted by Crippen LogP contribution is -2.21. The van der Waals surface area contributed by atoms with Crippen molar-refractivity contribution in [1.29, 1.82) is 0 Å².